The van der Waals surface area contributed by atoms with Crippen LogP contribution in [-0.4, -0.2) is 3.79 Å². The minimum absolute atomic E-state index is 0.0140. The van der Waals surface area contributed by atoms with Crippen molar-refractivity contribution >= 4 is 34.8 Å². The first-order valence-electron chi connectivity index (χ1n) is 7.59. The topological polar surface area (TPSA) is 0 Å². The van der Waals surface area contributed by atoms with Gasteiger partial charge in [-0.2, -0.15) is 0 Å². The zero-order valence-electron chi connectivity index (χ0n) is 12.5. The molecule has 0 N–H and O–H groups in total. The summed E-state index contributed by atoms with van der Waals surface area (Å²) in [6, 6.07) is 8.21. The normalized spacial score (nSPS) is 13.4. The Balaban J connectivity index is 2.57. The Morgan fingerprint density at radius 2 is 1.55 bits per heavy atom. The van der Waals surface area contributed by atoms with E-state index >= 15 is 0 Å². The molecule has 3 heteroatoms. The Kier molecular flexibility index (Phi) is 8.32. The van der Waals surface area contributed by atoms with E-state index in [1.165, 1.54) is 43.2 Å². The molecule has 0 aliphatic heterocycles. The molecule has 0 aromatic heterocycles. The molecule has 0 aliphatic carbocycles. The lowest BCUT2D eigenvalue weighted by molar-refractivity contribution is 0.541. The van der Waals surface area contributed by atoms with Gasteiger partial charge in [0.2, 0.25) is 0 Å². The first-order valence-corrected chi connectivity index (χ1v) is 8.72. The SMILES string of the molecule is CCCCCCCCC(c1ccccc1C)C(Cl)(Cl)Cl. The zero-order valence-corrected chi connectivity index (χ0v) is 14.7. The van der Waals surface area contributed by atoms with Crippen LogP contribution < -0.4 is 0 Å². The van der Waals surface area contributed by atoms with E-state index in [1.807, 2.05) is 12.1 Å². The third-order valence-electron chi connectivity index (χ3n) is 3.81. The number of hydrogen-bond donors (Lipinski definition) is 0. The van der Waals surface area contributed by atoms with Crippen LogP contribution in [0.2, 0.25) is 0 Å². The minimum atomic E-state index is -1.23. The molecule has 0 spiro atoms. The van der Waals surface area contributed by atoms with E-state index in [2.05, 4.69) is 26.0 Å². The third-order valence-corrected chi connectivity index (χ3v) is 4.60. The number of unbranched alkanes of at least 4 members (excludes halogenated alkanes) is 5. The summed E-state index contributed by atoms with van der Waals surface area (Å²) in [6.07, 6.45) is 8.49. The van der Waals surface area contributed by atoms with Gasteiger partial charge >= 0.3 is 0 Å². The fraction of sp³-hybridized carbons (Fsp3) is 0.647. The largest absolute Gasteiger partial charge is 0.197 e. The van der Waals surface area contributed by atoms with Gasteiger partial charge in [-0.3, -0.25) is 0 Å². The number of hydrogen-bond acceptors (Lipinski definition) is 0. The first kappa shape index (κ1) is 18.1. The molecule has 1 rings (SSSR count). The van der Waals surface area contributed by atoms with Gasteiger partial charge in [-0.15, -0.1) is 0 Å². The summed E-state index contributed by atoms with van der Waals surface area (Å²) in [5, 5.41) is 0. The van der Waals surface area contributed by atoms with E-state index in [4.69, 9.17) is 34.8 Å². The van der Waals surface area contributed by atoms with Crippen molar-refractivity contribution in [3.8, 4) is 0 Å². The molecule has 0 heterocycles. The van der Waals surface area contributed by atoms with E-state index in [0.717, 1.165) is 12.8 Å². The first-order chi connectivity index (χ1) is 9.46. The fourth-order valence-corrected chi connectivity index (χ4v) is 3.28. The predicted octanol–water partition coefficient (Wildman–Crippen LogP) is 7.20. The van der Waals surface area contributed by atoms with Gasteiger partial charge in [0.05, 0.1) is 0 Å². The van der Waals surface area contributed by atoms with Crippen LogP contribution in [-0.2, 0) is 0 Å². The number of alkyl halides is 3. The van der Waals surface area contributed by atoms with Crippen molar-refractivity contribution < 1.29 is 0 Å². The van der Waals surface area contributed by atoms with Crippen molar-refractivity contribution in [3.63, 3.8) is 0 Å². The zero-order chi connectivity index (χ0) is 15.0. The quantitative estimate of drug-likeness (QED) is 0.348. The van der Waals surface area contributed by atoms with E-state index in [9.17, 15) is 0 Å². The molecule has 0 fully saturated rings. The summed E-state index contributed by atoms with van der Waals surface area (Å²) in [7, 11) is 0. The molecule has 0 saturated carbocycles. The molecule has 20 heavy (non-hydrogen) atoms. The molecule has 1 aromatic carbocycles. The Morgan fingerprint density at radius 1 is 0.950 bits per heavy atom. The van der Waals surface area contributed by atoms with E-state index in [1.54, 1.807) is 0 Å². The Morgan fingerprint density at radius 3 is 2.15 bits per heavy atom. The van der Waals surface area contributed by atoms with Gasteiger partial charge in [0.1, 0.15) is 0 Å². The van der Waals surface area contributed by atoms with Gasteiger partial charge in [0.25, 0.3) is 0 Å². The molecule has 1 atom stereocenters. The highest BCUT2D eigenvalue weighted by Crippen LogP contribution is 2.45. The van der Waals surface area contributed by atoms with Crippen LogP contribution in [0.25, 0.3) is 0 Å². The molecule has 0 radical (unpaired) electrons. The number of halogens is 3. The van der Waals surface area contributed by atoms with E-state index in [-0.39, 0.29) is 5.92 Å². The van der Waals surface area contributed by atoms with Crippen LogP contribution >= 0.6 is 34.8 Å². The molecule has 0 bridgehead atoms. The van der Waals surface area contributed by atoms with Crippen molar-refractivity contribution in [2.45, 2.75) is 68.5 Å². The molecule has 0 nitrogen and oxygen atoms in total. The average Bonchev–Trinajstić information content (AvgIpc) is 2.38. The highest BCUT2D eigenvalue weighted by molar-refractivity contribution is 6.68. The molecule has 1 aromatic rings. The monoisotopic (exact) mass is 334 g/mol. The number of rotatable bonds is 8. The third kappa shape index (κ3) is 6.24. The second-order valence-electron chi connectivity index (χ2n) is 5.51. The highest BCUT2D eigenvalue weighted by Gasteiger charge is 2.33. The van der Waals surface area contributed by atoms with Gasteiger partial charge in [0, 0.05) is 5.92 Å². The summed E-state index contributed by atoms with van der Waals surface area (Å²) < 4.78 is -1.23. The van der Waals surface area contributed by atoms with Crippen LogP contribution in [0.4, 0.5) is 0 Å². The van der Waals surface area contributed by atoms with Gasteiger partial charge < -0.3 is 0 Å². The lowest BCUT2D eigenvalue weighted by Gasteiger charge is -2.26. The summed E-state index contributed by atoms with van der Waals surface area (Å²) in [6.45, 7) is 4.32. The molecule has 0 amide bonds. The van der Waals surface area contributed by atoms with Crippen molar-refractivity contribution in [3.05, 3.63) is 35.4 Å². The molecular formula is C17H25Cl3. The van der Waals surface area contributed by atoms with Gasteiger partial charge in [0.15, 0.2) is 3.79 Å². The Labute approximate surface area is 138 Å². The summed E-state index contributed by atoms with van der Waals surface area (Å²) in [4.78, 5) is 0. The molecule has 114 valence electrons. The van der Waals surface area contributed by atoms with Crippen molar-refractivity contribution in [2.24, 2.45) is 0 Å². The van der Waals surface area contributed by atoms with Crippen LogP contribution in [0.3, 0.4) is 0 Å². The summed E-state index contributed by atoms with van der Waals surface area (Å²) in [5.41, 5.74) is 2.37. The lowest BCUT2D eigenvalue weighted by atomic mass is 9.91. The predicted molar refractivity (Wildman–Crippen MR) is 92.2 cm³/mol. The van der Waals surface area contributed by atoms with E-state index < -0.39 is 3.79 Å². The highest BCUT2D eigenvalue weighted by atomic mass is 35.6. The Bertz CT molecular complexity index is 382. The van der Waals surface area contributed by atoms with Crippen molar-refractivity contribution in [1.29, 1.82) is 0 Å². The maximum Gasteiger partial charge on any atom is 0.197 e. The number of benzene rings is 1. The number of aryl methyl sites for hydroxylation is 1. The summed E-state index contributed by atoms with van der Waals surface area (Å²) in [5.74, 6) is -0.0140. The van der Waals surface area contributed by atoms with Gasteiger partial charge in [-0.05, 0) is 24.5 Å². The van der Waals surface area contributed by atoms with Crippen molar-refractivity contribution in [2.75, 3.05) is 0 Å². The molecule has 0 aliphatic rings. The van der Waals surface area contributed by atoms with Crippen LogP contribution in [0.1, 0.15) is 68.9 Å². The lowest BCUT2D eigenvalue weighted by Crippen LogP contribution is -2.18. The second-order valence-corrected chi connectivity index (χ2v) is 7.88. The van der Waals surface area contributed by atoms with Crippen LogP contribution in [0, 0.1) is 6.92 Å². The maximum absolute atomic E-state index is 6.20. The van der Waals surface area contributed by atoms with E-state index in [0.29, 0.717) is 0 Å². The summed E-state index contributed by atoms with van der Waals surface area (Å²) >= 11 is 18.6. The van der Waals surface area contributed by atoms with Gasteiger partial charge in [-0.25, -0.2) is 0 Å². The van der Waals surface area contributed by atoms with Crippen LogP contribution in [0.5, 0.6) is 0 Å². The Hall–Kier alpha value is 0.0900. The van der Waals surface area contributed by atoms with Crippen molar-refractivity contribution in [1.82, 2.24) is 0 Å². The molecular weight excluding hydrogens is 311 g/mol. The molecule has 1 unspecified atom stereocenters. The second kappa shape index (κ2) is 9.18. The maximum atomic E-state index is 6.20. The van der Waals surface area contributed by atoms with Crippen LogP contribution in [0.15, 0.2) is 24.3 Å². The molecule has 0 saturated heterocycles. The van der Waals surface area contributed by atoms with Gasteiger partial charge in [-0.1, -0.05) is 105 Å². The standard InChI is InChI=1S/C17H25Cl3/c1-3-4-5-6-7-8-13-16(17(18,19)20)15-12-10-9-11-14(15)2/h9-12,16H,3-8,13H2,1-2H3. The smallest absolute Gasteiger partial charge is 0.0830 e. The fourth-order valence-electron chi connectivity index (χ4n) is 2.60. The minimum Gasteiger partial charge on any atom is -0.0830 e. The average molecular weight is 336 g/mol.